The first-order valence-corrected chi connectivity index (χ1v) is 17.4. The van der Waals surface area contributed by atoms with E-state index in [2.05, 4.69) is 164 Å². The van der Waals surface area contributed by atoms with Gasteiger partial charge in [-0.05, 0) is 69.8 Å². The van der Waals surface area contributed by atoms with Gasteiger partial charge in [-0.3, -0.25) is 0 Å². The SMILES string of the molecule is c1ccc(-c2cc(-c3ccccc3)nc(-c3cccc4c3oc3cc5c(cc34)Oc3ccccc3C53c4ccccc4-c4ccccc43)c2)cc1. The van der Waals surface area contributed by atoms with Crippen LogP contribution in [0.2, 0.25) is 0 Å². The van der Waals surface area contributed by atoms with E-state index in [9.17, 15) is 0 Å². The Labute approximate surface area is 295 Å². The molecule has 0 radical (unpaired) electrons. The zero-order chi connectivity index (χ0) is 33.5. The first kappa shape index (κ1) is 28.2. The van der Waals surface area contributed by atoms with Crippen LogP contribution in [-0.4, -0.2) is 4.98 Å². The Hall–Kier alpha value is -6.71. The molecule has 2 aromatic heterocycles. The molecule has 0 amide bonds. The minimum atomic E-state index is -0.552. The van der Waals surface area contributed by atoms with E-state index in [4.69, 9.17) is 14.1 Å². The van der Waals surface area contributed by atoms with E-state index < -0.39 is 5.41 Å². The molecule has 0 bridgehead atoms. The normalized spacial score (nSPS) is 13.4. The van der Waals surface area contributed by atoms with E-state index in [0.29, 0.717) is 0 Å². The number of furan rings is 1. The summed E-state index contributed by atoms with van der Waals surface area (Å²) < 4.78 is 13.8. The molecule has 7 aromatic carbocycles. The molecule has 3 heterocycles. The Morgan fingerprint density at radius 1 is 0.392 bits per heavy atom. The van der Waals surface area contributed by atoms with Gasteiger partial charge in [-0.15, -0.1) is 0 Å². The first-order chi connectivity index (χ1) is 25.3. The maximum atomic E-state index is 6.97. The fourth-order valence-electron chi connectivity index (χ4n) is 8.57. The average Bonchev–Trinajstić information content (AvgIpc) is 3.71. The topological polar surface area (TPSA) is 35.3 Å². The molecule has 0 unspecified atom stereocenters. The van der Waals surface area contributed by atoms with Gasteiger partial charge in [-0.1, -0.05) is 140 Å². The summed E-state index contributed by atoms with van der Waals surface area (Å²) in [6, 6.07) is 62.1. The number of ether oxygens (including phenoxy) is 1. The molecule has 0 atom stereocenters. The number of benzene rings is 7. The van der Waals surface area contributed by atoms with Gasteiger partial charge in [0, 0.05) is 33.0 Å². The maximum absolute atomic E-state index is 6.97. The monoisotopic (exact) mass is 651 g/mol. The van der Waals surface area contributed by atoms with E-state index in [1.54, 1.807) is 0 Å². The average molecular weight is 652 g/mol. The second kappa shape index (κ2) is 10.6. The molecule has 0 N–H and O–H groups in total. The molecule has 1 aliphatic carbocycles. The van der Waals surface area contributed by atoms with E-state index in [-0.39, 0.29) is 0 Å². The van der Waals surface area contributed by atoms with Crippen LogP contribution in [0.3, 0.4) is 0 Å². The zero-order valence-electron chi connectivity index (χ0n) is 27.5. The fraction of sp³-hybridized carbons (Fsp3) is 0.0208. The highest BCUT2D eigenvalue weighted by Gasteiger charge is 2.51. The molecule has 2 aliphatic rings. The Morgan fingerprint density at radius 2 is 1.00 bits per heavy atom. The number of para-hydroxylation sites is 2. The van der Waals surface area contributed by atoms with E-state index in [1.165, 1.54) is 22.3 Å². The number of hydrogen-bond donors (Lipinski definition) is 0. The van der Waals surface area contributed by atoms with Crippen molar-refractivity contribution in [2.75, 3.05) is 0 Å². The Morgan fingerprint density at radius 3 is 1.75 bits per heavy atom. The summed E-state index contributed by atoms with van der Waals surface area (Å²) in [5.41, 5.74) is 14.4. The van der Waals surface area contributed by atoms with Crippen LogP contribution >= 0.6 is 0 Å². The number of rotatable bonds is 3. The van der Waals surface area contributed by atoms with Crippen molar-refractivity contribution in [3.63, 3.8) is 0 Å². The molecule has 9 aromatic rings. The van der Waals surface area contributed by atoms with Crippen LogP contribution in [0.5, 0.6) is 11.5 Å². The zero-order valence-corrected chi connectivity index (χ0v) is 27.5. The summed E-state index contributed by atoms with van der Waals surface area (Å²) in [5, 5.41) is 2.05. The van der Waals surface area contributed by atoms with Crippen molar-refractivity contribution in [3.8, 4) is 56.3 Å². The number of pyridine rings is 1. The predicted molar refractivity (Wildman–Crippen MR) is 205 cm³/mol. The lowest BCUT2D eigenvalue weighted by Gasteiger charge is -2.39. The van der Waals surface area contributed by atoms with Crippen LogP contribution in [0.15, 0.2) is 180 Å². The number of nitrogens with zero attached hydrogens (tertiary/aromatic N) is 1. The van der Waals surface area contributed by atoms with E-state index in [1.807, 2.05) is 12.1 Å². The van der Waals surface area contributed by atoms with Crippen LogP contribution in [0.25, 0.3) is 66.7 Å². The number of fused-ring (bicyclic) bond motifs is 12. The minimum absolute atomic E-state index is 0.552. The Bertz CT molecular complexity index is 2730. The van der Waals surface area contributed by atoms with Gasteiger partial charge in [0.25, 0.3) is 0 Å². The third-order valence-electron chi connectivity index (χ3n) is 10.7. The lowest BCUT2D eigenvalue weighted by atomic mass is 9.66. The third kappa shape index (κ3) is 3.97. The lowest BCUT2D eigenvalue weighted by Crippen LogP contribution is -2.32. The van der Waals surface area contributed by atoms with Crippen molar-refractivity contribution in [2.45, 2.75) is 5.41 Å². The van der Waals surface area contributed by atoms with E-state index in [0.717, 1.165) is 78.2 Å². The summed E-state index contributed by atoms with van der Waals surface area (Å²) in [6.07, 6.45) is 0. The van der Waals surface area contributed by atoms with Gasteiger partial charge in [0.2, 0.25) is 0 Å². The highest BCUT2D eigenvalue weighted by Crippen LogP contribution is 2.62. The highest BCUT2D eigenvalue weighted by molar-refractivity contribution is 6.10. The van der Waals surface area contributed by atoms with E-state index >= 15 is 0 Å². The van der Waals surface area contributed by atoms with Crippen molar-refractivity contribution < 1.29 is 9.15 Å². The van der Waals surface area contributed by atoms with Crippen molar-refractivity contribution in [1.29, 1.82) is 0 Å². The quantitative estimate of drug-likeness (QED) is 0.191. The van der Waals surface area contributed by atoms with Gasteiger partial charge in [-0.25, -0.2) is 4.98 Å². The molecule has 11 rings (SSSR count). The Kier molecular flexibility index (Phi) is 5.88. The van der Waals surface area contributed by atoms with Crippen molar-refractivity contribution in [3.05, 3.63) is 198 Å². The van der Waals surface area contributed by atoms with Crippen LogP contribution in [-0.2, 0) is 5.41 Å². The largest absolute Gasteiger partial charge is 0.457 e. The van der Waals surface area contributed by atoms with Crippen LogP contribution in [0.1, 0.15) is 22.3 Å². The number of hydrogen-bond acceptors (Lipinski definition) is 3. The molecule has 0 saturated heterocycles. The smallest absolute Gasteiger partial charge is 0.144 e. The lowest BCUT2D eigenvalue weighted by molar-refractivity contribution is 0.437. The fourth-order valence-corrected chi connectivity index (χ4v) is 8.57. The standard InChI is InChI=1S/C48H29NO2/c1-3-14-30(15-4-1)32-26-42(31-16-5-2-6-17-31)49-43(27-32)36-21-13-20-35-37-28-46-41(29-45(37)51-47(35)36)48(40-24-11-12-25-44(40)50-46)38-22-9-7-18-33(38)34-19-8-10-23-39(34)48/h1-29H. The van der Waals surface area contributed by atoms with Gasteiger partial charge >= 0.3 is 0 Å². The van der Waals surface area contributed by atoms with Gasteiger partial charge < -0.3 is 9.15 Å². The summed E-state index contributed by atoms with van der Waals surface area (Å²) in [6.45, 7) is 0. The summed E-state index contributed by atoms with van der Waals surface area (Å²) in [4.78, 5) is 5.25. The molecule has 0 fully saturated rings. The molecule has 1 spiro atoms. The molecule has 3 heteroatoms. The van der Waals surface area contributed by atoms with Gasteiger partial charge in [0.15, 0.2) is 0 Å². The van der Waals surface area contributed by atoms with Crippen LogP contribution in [0, 0.1) is 0 Å². The van der Waals surface area contributed by atoms with Crippen molar-refractivity contribution in [2.24, 2.45) is 0 Å². The van der Waals surface area contributed by atoms with Crippen LogP contribution in [0.4, 0.5) is 0 Å². The molecule has 1 aliphatic heterocycles. The van der Waals surface area contributed by atoms with Crippen LogP contribution < -0.4 is 4.74 Å². The predicted octanol–water partition coefficient (Wildman–Crippen LogP) is 12.5. The van der Waals surface area contributed by atoms with Gasteiger partial charge in [0.05, 0.1) is 16.8 Å². The Balaban J connectivity index is 1.18. The molecular weight excluding hydrogens is 623 g/mol. The minimum Gasteiger partial charge on any atom is -0.457 e. The molecular formula is C48H29NO2. The molecule has 3 nitrogen and oxygen atoms in total. The summed E-state index contributed by atoms with van der Waals surface area (Å²) >= 11 is 0. The molecule has 238 valence electrons. The number of aromatic nitrogens is 1. The molecule has 51 heavy (non-hydrogen) atoms. The van der Waals surface area contributed by atoms with Gasteiger partial charge in [-0.2, -0.15) is 0 Å². The maximum Gasteiger partial charge on any atom is 0.144 e. The van der Waals surface area contributed by atoms with Crippen molar-refractivity contribution in [1.82, 2.24) is 4.98 Å². The van der Waals surface area contributed by atoms with Gasteiger partial charge in [0.1, 0.15) is 22.7 Å². The third-order valence-corrected chi connectivity index (χ3v) is 10.7. The second-order valence-electron chi connectivity index (χ2n) is 13.4. The second-order valence-corrected chi connectivity index (χ2v) is 13.4. The highest BCUT2D eigenvalue weighted by atomic mass is 16.5. The summed E-state index contributed by atoms with van der Waals surface area (Å²) in [5.74, 6) is 1.72. The first-order valence-electron chi connectivity index (χ1n) is 17.4. The molecule has 0 saturated carbocycles. The van der Waals surface area contributed by atoms with Crippen molar-refractivity contribution >= 4 is 21.9 Å². The summed E-state index contributed by atoms with van der Waals surface area (Å²) in [7, 11) is 0.